The topological polar surface area (TPSA) is 77.7 Å². The first-order chi connectivity index (χ1) is 12.7. The molecular formula is C19H23ClN6. The number of hydrogen-bond acceptors (Lipinski definition) is 6. The van der Waals surface area contributed by atoms with Gasteiger partial charge in [0, 0.05) is 19.6 Å². The van der Waals surface area contributed by atoms with Crippen molar-refractivity contribution in [1.82, 2.24) is 15.9 Å². The summed E-state index contributed by atoms with van der Waals surface area (Å²) in [6.45, 7) is 2.31. The Morgan fingerprint density at radius 3 is 2.65 bits per heavy atom. The van der Waals surface area contributed by atoms with Gasteiger partial charge in [0.1, 0.15) is 5.84 Å². The van der Waals surface area contributed by atoms with E-state index in [2.05, 4.69) is 28.3 Å². The van der Waals surface area contributed by atoms with Crippen molar-refractivity contribution in [3.63, 3.8) is 0 Å². The van der Waals surface area contributed by atoms with Gasteiger partial charge in [-0.15, -0.1) is 0 Å². The Balaban J connectivity index is 1.57. The summed E-state index contributed by atoms with van der Waals surface area (Å²) in [5.41, 5.74) is 9.30. The van der Waals surface area contributed by atoms with Crippen molar-refractivity contribution in [2.24, 2.45) is 10.8 Å². The summed E-state index contributed by atoms with van der Waals surface area (Å²) in [5, 5.41) is 6.20. The Hall–Kier alpha value is -2.12. The van der Waals surface area contributed by atoms with Gasteiger partial charge in [0.2, 0.25) is 0 Å². The maximum Gasteiger partial charge on any atom is 0.142 e. The number of rotatable bonds is 3. The molecule has 136 valence electrons. The van der Waals surface area contributed by atoms with Crippen LogP contribution in [0.3, 0.4) is 0 Å². The monoisotopic (exact) mass is 370 g/mol. The Morgan fingerprint density at radius 1 is 1.12 bits per heavy atom. The molecule has 0 aliphatic carbocycles. The highest BCUT2D eigenvalue weighted by atomic mass is 35.5. The van der Waals surface area contributed by atoms with Gasteiger partial charge in [-0.1, -0.05) is 48.0 Å². The molecule has 4 rings (SSSR count). The molecule has 0 bridgehead atoms. The molecule has 1 saturated heterocycles. The number of halogens is 1. The number of hydrogen-bond donors (Lipinski definition) is 4. The predicted molar refractivity (Wildman–Crippen MR) is 106 cm³/mol. The van der Waals surface area contributed by atoms with Gasteiger partial charge in [-0.3, -0.25) is 5.84 Å². The van der Waals surface area contributed by atoms with E-state index in [0.29, 0.717) is 11.6 Å². The van der Waals surface area contributed by atoms with Crippen LogP contribution in [-0.2, 0) is 6.54 Å². The molecule has 26 heavy (non-hydrogen) atoms. The number of aliphatic imine (C=N–C) groups is 1. The highest BCUT2D eigenvalue weighted by molar-refractivity contribution is 6.34. The molecule has 0 saturated carbocycles. The maximum absolute atomic E-state index is 6.40. The fourth-order valence-electron chi connectivity index (χ4n) is 3.50. The molecule has 5 N–H and O–H groups in total. The molecule has 2 heterocycles. The first-order valence-electron chi connectivity index (χ1n) is 8.85. The number of piperidine rings is 1. The number of nitrogens with zero attached hydrogens (tertiary/aromatic N) is 2. The van der Waals surface area contributed by atoms with Crippen LogP contribution in [0.15, 0.2) is 53.5 Å². The SMILES string of the molecule is NN1CCC2(CC1)Nc1c(Cl)cccc1N=C2NNCc1ccccc1. The van der Waals surface area contributed by atoms with Gasteiger partial charge in [0.15, 0.2) is 0 Å². The number of para-hydroxylation sites is 1. The van der Waals surface area contributed by atoms with Crippen molar-refractivity contribution in [1.29, 1.82) is 0 Å². The van der Waals surface area contributed by atoms with Gasteiger partial charge < -0.3 is 10.7 Å². The van der Waals surface area contributed by atoms with Crippen molar-refractivity contribution >= 4 is 28.8 Å². The Labute approximate surface area is 158 Å². The first-order valence-corrected chi connectivity index (χ1v) is 9.22. The van der Waals surface area contributed by atoms with Gasteiger partial charge in [0.25, 0.3) is 0 Å². The fourth-order valence-corrected chi connectivity index (χ4v) is 3.71. The van der Waals surface area contributed by atoms with E-state index in [1.807, 2.05) is 41.4 Å². The molecule has 2 aromatic rings. The smallest absolute Gasteiger partial charge is 0.142 e. The Kier molecular flexibility index (Phi) is 4.82. The molecule has 0 unspecified atom stereocenters. The summed E-state index contributed by atoms with van der Waals surface area (Å²) in [6.07, 6.45) is 1.71. The molecule has 2 aliphatic heterocycles. The Bertz CT molecular complexity index is 799. The van der Waals surface area contributed by atoms with E-state index in [1.54, 1.807) is 0 Å². The number of nitrogens with one attached hydrogen (secondary N) is 3. The van der Waals surface area contributed by atoms with Crippen LogP contribution < -0.4 is 22.0 Å². The lowest BCUT2D eigenvalue weighted by Crippen LogP contribution is -2.62. The van der Waals surface area contributed by atoms with E-state index < -0.39 is 0 Å². The van der Waals surface area contributed by atoms with E-state index in [-0.39, 0.29) is 5.54 Å². The van der Waals surface area contributed by atoms with E-state index in [1.165, 1.54) is 5.56 Å². The second-order valence-corrected chi connectivity index (χ2v) is 7.21. The summed E-state index contributed by atoms with van der Waals surface area (Å²) in [4.78, 5) is 4.88. The third-order valence-corrected chi connectivity index (χ3v) is 5.35. The number of benzene rings is 2. The average Bonchev–Trinajstić information content (AvgIpc) is 2.66. The van der Waals surface area contributed by atoms with Crippen LogP contribution in [0, 0.1) is 0 Å². The van der Waals surface area contributed by atoms with E-state index in [4.69, 9.17) is 22.4 Å². The zero-order valence-electron chi connectivity index (χ0n) is 14.5. The lowest BCUT2D eigenvalue weighted by molar-refractivity contribution is 0.203. The third kappa shape index (κ3) is 3.41. The predicted octanol–water partition coefficient (Wildman–Crippen LogP) is 2.80. The van der Waals surface area contributed by atoms with Crippen molar-refractivity contribution in [3.8, 4) is 0 Å². The lowest BCUT2D eigenvalue weighted by Gasteiger charge is -2.44. The standard InChI is InChI=1S/C19H23ClN6/c20-15-7-4-8-16-17(15)24-19(9-11-26(21)12-10-19)18(23-16)25-22-13-14-5-2-1-3-6-14/h1-8,22,24H,9-13,21H2,(H,23,25). The van der Waals surface area contributed by atoms with Crippen molar-refractivity contribution < 1.29 is 0 Å². The summed E-state index contributed by atoms with van der Waals surface area (Å²) < 4.78 is 0. The summed E-state index contributed by atoms with van der Waals surface area (Å²) >= 11 is 6.40. The number of hydrazine groups is 2. The molecule has 2 aromatic carbocycles. The van der Waals surface area contributed by atoms with Gasteiger partial charge in [0.05, 0.1) is 21.9 Å². The third-order valence-electron chi connectivity index (χ3n) is 5.04. The van der Waals surface area contributed by atoms with E-state index >= 15 is 0 Å². The van der Waals surface area contributed by atoms with Crippen LogP contribution in [-0.4, -0.2) is 29.5 Å². The minimum absolute atomic E-state index is 0.294. The van der Waals surface area contributed by atoms with Crippen LogP contribution in [0.4, 0.5) is 11.4 Å². The van der Waals surface area contributed by atoms with Crippen molar-refractivity contribution in [2.45, 2.75) is 24.9 Å². The molecule has 0 radical (unpaired) electrons. The van der Waals surface area contributed by atoms with E-state index in [9.17, 15) is 0 Å². The number of amidine groups is 1. The number of nitrogens with two attached hydrogens (primary N) is 1. The second-order valence-electron chi connectivity index (χ2n) is 6.80. The highest BCUT2D eigenvalue weighted by Gasteiger charge is 2.42. The first kappa shape index (κ1) is 17.3. The Morgan fingerprint density at radius 2 is 1.88 bits per heavy atom. The van der Waals surface area contributed by atoms with Gasteiger partial charge in [-0.05, 0) is 30.5 Å². The maximum atomic E-state index is 6.40. The molecule has 6 nitrogen and oxygen atoms in total. The summed E-state index contributed by atoms with van der Waals surface area (Å²) in [7, 11) is 0. The highest BCUT2D eigenvalue weighted by Crippen LogP contribution is 2.41. The minimum atomic E-state index is -0.294. The second kappa shape index (κ2) is 7.25. The fraction of sp³-hybridized carbons (Fsp3) is 0.316. The van der Waals surface area contributed by atoms with Crippen molar-refractivity contribution in [2.75, 3.05) is 18.4 Å². The van der Waals surface area contributed by atoms with Gasteiger partial charge in [-0.2, -0.15) is 0 Å². The number of anilines is 1. The summed E-state index contributed by atoms with van der Waals surface area (Å²) in [6, 6.07) is 16.0. The molecule has 2 aliphatic rings. The zero-order chi connectivity index (χ0) is 18.0. The van der Waals surface area contributed by atoms with Crippen molar-refractivity contribution in [3.05, 3.63) is 59.1 Å². The van der Waals surface area contributed by atoms with Crippen LogP contribution in [0.5, 0.6) is 0 Å². The quantitative estimate of drug-likeness (QED) is 0.493. The van der Waals surface area contributed by atoms with E-state index in [0.717, 1.165) is 43.1 Å². The molecule has 0 amide bonds. The van der Waals surface area contributed by atoms with Crippen LogP contribution in [0.2, 0.25) is 5.02 Å². The largest absolute Gasteiger partial charge is 0.370 e. The van der Waals surface area contributed by atoms with Gasteiger partial charge in [-0.25, -0.2) is 15.4 Å². The molecule has 1 fully saturated rings. The molecule has 1 spiro atoms. The summed E-state index contributed by atoms with van der Waals surface area (Å²) in [5.74, 6) is 6.86. The average molecular weight is 371 g/mol. The molecule has 0 aromatic heterocycles. The van der Waals surface area contributed by atoms with Crippen LogP contribution >= 0.6 is 11.6 Å². The van der Waals surface area contributed by atoms with Crippen LogP contribution in [0.1, 0.15) is 18.4 Å². The van der Waals surface area contributed by atoms with Gasteiger partial charge >= 0.3 is 0 Å². The normalized spacial score (nSPS) is 18.8. The minimum Gasteiger partial charge on any atom is -0.370 e. The molecule has 7 heteroatoms. The molecular weight excluding hydrogens is 348 g/mol. The lowest BCUT2D eigenvalue weighted by atomic mass is 9.85. The van der Waals surface area contributed by atoms with Crippen LogP contribution in [0.25, 0.3) is 0 Å². The molecule has 0 atom stereocenters. The number of fused-ring (bicyclic) bond motifs is 1. The zero-order valence-corrected chi connectivity index (χ0v) is 15.3.